The van der Waals surface area contributed by atoms with Crippen LogP contribution in [0.15, 0.2) is 25.3 Å². The van der Waals surface area contributed by atoms with Crippen LogP contribution >= 0.6 is 0 Å². The highest BCUT2D eigenvalue weighted by Crippen LogP contribution is 2.41. The van der Waals surface area contributed by atoms with Crippen LogP contribution in [0.2, 0.25) is 0 Å². The number of hydrogen-bond donors (Lipinski definition) is 0. The van der Waals surface area contributed by atoms with Gasteiger partial charge < -0.3 is 0 Å². The van der Waals surface area contributed by atoms with Gasteiger partial charge in [0.25, 0.3) is 0 Å². The lowest BCUT2D eigenvalue weighted by atomic mass is 9.78. The van der Waals surface area contributed by atoms with Crippen molar-refractivity contribution in [1.82, 2.24) is 9.96 Å². The summed E-state index contributed by atoms with van der Waals surface area (Å²) < 4.78 is 0. The Morgan fingerprint density at radius 3 is 1.92 bits per heavy atom. The molecule has 0 radical (unpaired) electrons. The largest absolute Gasteiger partial charge is 0.295 e. The fourth-order valence-electron chi connectivity index (χ4n) is 4.78. The second kappa shape index (κ2) is 8.16. The van der Waals surface area contributed by atoms with E-state index in [1.165, 1.54) is 32.1 Å². The van der Waals surface area contributed by atoms with Crippen molar-refractivity contribution in [3.05, 3.63) is 25.3 Å². The number of hydrogen-bond acceptors (Lipinski definition) is 3. The molecule has 0 amide bonds. The van der Waals surface area contributed by atoms with Gasteiger partial charge in [-0.2, -0.15) is 5.06 Å². The molecule has 138 valence electrons. The third-order valence-corrected chi connectivity index (χ3v) is 5.62. The molecule has 1 aliphatic carbocycles. The molecule has 0 aromatic carbocycles. The van der Waals surface area contributed by atoms with Crippen LogP contribution in [0, 0.1) is 0 Å². The second-order valence-corrected chi connectivity index (χ2v) is 8.88. The topological polar surface area (TPSA) is 15.7 Å². The van der Waals surface area contributed by atoms with Crippen molar-refractivity contribution in [1.29, 1.82) is 0 Å². The molecule has 0 bridgehead atoms. The van der Waals surface area contributed by atoms with Crippen LogP contribution in [0.1, 0.15) is 72.6 Å². The molecule has 0 aromatic heterocycles. The minimum Gasteiger partial charge on any atom is -0.295 e. The zero-order chi connectivity index (χ0) is 17.8. The van der Waals surface area contributed by atoms with Gasteiger partial charge >= 0.3 is 0 Å². The van der Waals surface area contributed by atoms with Gasteiger partial charge in [-0.05, 0) is 53.4 Å². The molecule has 0 N–H and O–H groups in total. The SMILES string of the molecule is C=CCN(CC=C)C1CC(C)(C)N(OC2CCCCC2)C(C)(C)C1. The number of piperidine rings is 1. The Hall–Kier alpha value is -0.640. The zero-order valence-corrected chi connectivity index (χ0v) is 16.4. The Bertz CT molecular complexity index is 396. The van der Waals surface area contributed by atoms with E-state index in [0.717, 1.165) is 25.9 Å². The van der Waals surface area contributed by atoms with E-state index in [4.69, 9.17) is 4.84 Å². The third kappa shape index (κ3) is 4.71. The van der Waals surface area contributed by atoms with E-state index in [-0.39, 0.29) is 11.1 Å². The molecular weight excluding hydrogens is 296 g/mol. The third-order valence-electron chi connectivity index (χ3n) is 5.62. The molecule has 2 rings (SSSR count). The summed E-state index contributed by atoms with van der Waals surface area (Å²) in [6.45, 7) is 19.1. The van der Waals surface area contributed by atoms with Crippen molar-refractivity contribution in [2.45, 2.75) is 95.9 Å². The van der Waals surface area contributed by atoms with Gasteiger partial charge in [0, 0.05) is 30.2 Å². The molecular formula is C21H38N2O. The summed E-state index contributed by atoms with van der Waals surface area (Å²) >= 11 is 0. The number of nitrogens with zero attached hydrogens (tertiary/aromatic N) is 2. The molecule has 2 fully saturated rings. The van der Waals surface area contributed by atoms with Crippen LogP contribution < -0.4 is 0 Å². The lowest BCUT2D eigenvalue weighted by Gasteiger charge is -2.56. The first-order valence-electron chi connectivity index (χ1n) is 9.73. The summed E-state index contributed by atoms with van der Waals surface area (Å²) in [5, 5.41) is 2.34. The molecule has 3 nitrogen and oxygen atoms in total. The predicted molar refractivity (Wildman–Crippen MR) is 103 cm³/mol. The van der Waals surface area contributed by atoms with Gasteiger partial charge in [0.1, 0.15) is 0 Å². The van der Waals surface area contributed by atoms with Gasteiger partial charge in [0.05, 0.1) is 6.10 Å². The second-order valence-electron chi connectivity index (χ2n) is 8.88. The Kier molecular flexibility index (Phi) is 6.69. The molecule has 0 spiro atoms. The van der Waals surface area contributed by atoms with E-state index in [2.05, 4.69) is 50.8 Å². The van der Waals surface area contributed by atoms with E-state index < -0.39 is 0 Å². The highest BCUT2D eigenvalue weighted by molar-refractivity contribution is 5.01. The molecule has 0 unspecified atom stereocenters. The van der Waals surface area contributed by atoms with Crippen LogP contribution in [0.25, 0.3) is 0 Å². The van der Waals surface area contributed by atoms with Gasteiger partial charge in [-0.3, -0.25) is 9.74 Å². The standard InChI is InChI=1S/C21H38N2O/c1-7-14-22(15-8-2)18-16-20(3,4)23(21(5,6)17-18)24-19-12-10-9-11-13-19/h7-8,18-19H,1-2,9-17H2,3-6H3. The van der Waals surface area contributed by atoms with Crippen LogP contribution in [-0.4, -0.2) is 46.3 Å². The molecule has 2 aliphatic rings. The van der Waals surface area contributed by atoms with Crippen LogP contribution in [0.3, 0.4) is 0 Å². The van der Waals surface area contributed by atoms with E-state index in [0.29, 0.717) is 12.1 Å². The van der Waals surface area contributed by atoms with Gasteiger partial charge in [0.15, 0.2) is 0 Å². The average Bonchev–Trinajstić information content (AvgIpc) is 2.51. The molecule has 1 heterocycles. The van der Waals surface area contributed by atoms with E-state index in [1.807, 2.05) is 12.2 Å². The lowest BCUT2D eigenvalue weighted by molar-refractivity contribution is -0.314. The summed E-state index contributed by atoms with van der Waals surface area (Å²) in [4.78, 5) is 9.09. The van der Waals surface area contributed by atoms with Gasteiger partial charge in [-0.15, -0.1) is 13.2 Å². The monoisotopic (exact) mass is 334 g/mol. The molecule has 1 aliphatic heterocycles. The number of hydroxylamine groups is 2. The maximum atomic E-state index is 6.59. The Balaban J connectivity index is 2.12. The van der Waals surface area contributed by atoms with Gasteiger partial charge in [-0.25, -0.2) is 0 Å². The average molecular weight is 335 g/mol. The van der Waals surface area contributed by atoms with Crippen LogP contribution in [-0.2, 0) is 4.84 Å². The summed E-state index contributed by atoms with van der Waals surface area (Å²) in [6, 6.07) is 0.539. The van der Waals surface area contributed by atoms with Crippen molar-refractivity contribution >= 4 is 0 Å². The maximum absolute atomic E-state index is 6.59. The predicted octanol–water partition coefficient (Wildman–Crippen LogP) is 4.95. The van der Waals surface area contributed by atoms with Crippen molar-refractivity contribution in [3.8, 4) is 0 Å². The normalized spacial score (nSPS) is 25.7. The quantitative estimate of drug-likeness (QED) is 0.613. The van der Waals surface area contributed by atoms with Crippen LogP contribution in [0.4, 0.5) is 0 Å². The van der Waals surface area contributed by atoms with Crippen molar-refractivity contribution < 1.29 is 4.84 Å². The molecule has 3 heteroatoms. The zero-order valence-electron chi connectivity index (χ0n) is 16.4. The lowest BCUT2D eigenvalue weighted by Crippen LogP contribution is -2.64. The van der Waals surface area contributed by atoms with Crippen molar-refractivity contribution in [2.75, 3.05) is 13.1 Å². The molecule has 0 atom stereocenters. The Morgan fingerprint density at radius 2 is 1.46 bits per heavy atom. The van der Waals surface area contributed by atoms with Gasteiger partial charge in [0.2, 0.25) is 0 Å². The van der Waals surface area contributed by atoms with Crippen LogP contribution in [0.5, 0.6) is 0 Å². The number of rotatable bonds is 7. The first-order valence-corrected chi connectivity index (χ1v) is 9.73. The summed E-state index contributed by atoms with van der Waals surface area (Å²) in [5.41, 5.74) is 0.0644. The Labute approximate surface area is 149 Å². The fourth-order valence-corrected chi connectivity index (χ4v) is 4.78. The van der Waals surface area contributed by atoms with E-state index >= 15 is 0 Å². The first kappa shape index (κ1) is 19.7. The smallest absolute Gasteiger partial charge is 0.0793 e. The Morgan fingerprint density at radius 1 is 0.958 bits per heavy atom. The highest BCUT2D eigenvalue weighted by Gasteiger charge is 2.48. The highest BCUT2D eigenvalue weighted by atomic mass is 16.7. The maximum Gasteiger partial charge on any atom is 0.0793 e. The van der Waals surface area contributed by atoms with Crippen molar-refractivity contribution in [3.63, 3.8) is 0 Å². The van der Waals surface area contributed by atoms with Crippen molar-refractivity contribution in [2.24, 2.45) is 0 Å². The van der Waals surface area contributed by atoms with E-state index in [1.54, 1.807) is 0 Å². The minimum atomic E-state index is 0.0322. The van der Waals surface area contributed by atoms with Gasteiger partial charge in [-0.1, -0.05) is 31.4 Å². The molecule has 1 saturated carbocycles. The van der Waals surface area contributed by atoms with E-state index in [9.17, 15) is 0 Å². The summed E-state index contributed by atoms with van der Waals surface area (Å²) in [6.07, 6.45) is 13.1. The molecule has 0 aromatic rings. The first-order chi connectivity index (χ1) is 11.3. The molecule has 24 heavy (non-hydrogen) atoms. The molecule has 1 saturated heterocycles. The minimum absolute atomic E-state index is 0.0322. The summed E-state index contributed by atoms with van der Waals surface area (Å²) in [7, 11) is 0. The fraction of sp³-hybridized carbons (Fsp3) is 0.810. The summed E-state index contributed by atoms with van der Waals surface area (Å²) in [5.74, 6) is 0.